The molecule has 0 aromatic heterocycles. The van der Waals surface area contributed by atoms with Gasteiger partial charge in [-0.2, -0.15) is 0 Å². The average Bonchev–Trinajstić information content (AvgIpc) is 2.98. The molecule has 1 aromatic rings. The zero-order valence-corrected chi connectivity index (χ0v) is 7.99. The molecule has 0 radical (unpaired) electrons. The van der Waals surface area contributed by atoms with Gasteiger partial charge in [-0.05, 0) is 18.9 Å². The van der Waals surface area contributed by atoms with Gasteiger partial charge in [-0.25, -0.2) is 0 Å². The van der Waals surface area contributed by atoms with E-state index in [-0.39, 0.29) is 5.75 Å². The molecule has 0 spiro atoms. The van der Waals surface area contributed by atoms with Crippen molar-refractivity contribution in [3.05, 3.63) is 23.8 Å². The van der Waals surface area contributed by atoms with Crippen LogP contribution < -0.4 is 4.74 Å². The summed E-state index contributed by atoms with van der Waals surface area (Å²) in [4.78, 5) is 10.9. The first-order chi connectivity index (χ1) is 6.73. The van der Waals surface area contributed by atoms with Gasteiger partial charge in [0.15, 0.2) is 11.5 Å². The Kier molecular flexibility index (Phi) is 1.95. The molecule has 3 heteroatoms. The highest BCUT2D eigenvalue weighted by atomic mass is 16.5. The van der Waals surface area contributed by atoms with Crippen LogP contribution in [0.25, 0.3) is 0 Å². The minimum absolute atomic E-state index is 0.0955. The summed E-state index contributed by atoms with van der Waals surface area (Å²) < 4.78 is 5.10. The van der Waals surface area contributed by atoms with E-state index in [0.29, 0.717) is 5.75 Å². The molecule has 1 aromatic carbocycles. The highest BCUT2D eigenvalue weighted by Crippen LogP contribution is 2.51. The Hall–Kier alpha value is -1.51. The number of carbonyl (C=O) groups is 1. The fourth-order valence-electron chi connectivity index (χ4n) is 1.72. The molecule has 0 heterocycles. The third-order valence-corrected chi connectivity index (χ3v) is 2.75. The third-order valence-electron chi connectivity index (χ3n) is 2.75. The quantitative estimate of drug-likeness (QED) is 0.740. The standard InChI is InChI=1S/C11H12O3/c1-14-10-8(3-2-4-9(10)13)11(7-12)5-6-11/h2-4,7,13H,5-6H2,1H3. The van der Waals surface area contributed by atoms with Gasteiger partial charge in [0.1, 0.15) is 6.29 Å². The number of ether oxygens (including phenoxy) is 1. The number of para-hydroxylation sites is 1. The molecule has 1 N–H and O–H groups in total. The first-order valence-electron chi connectivity index (χ1n) is 4.56. The Morgan fingerprint density at radius 3 is 2.71 bits per heavy atom. The van der Waals surface area contributed by atoms with Gasteiger partial charge in [0.25, 0.3) is 0 Å². The fourth-order valence-corrected chi connectivity index (χ4v) is 1.72. The maximum Gasteiger partial charge on any atom is 0.164 e. The zero-order valence-electron chi connectivity index (χ0n) is 7.99. The largest absolute Gasteiger partial charge is 0.504 e. The predicted molar refractivity (Wildman–Crippen MR) is 51.6 cm³/mol. The minimum atomic E-state index is -0.399. The van der Waals surface area contributed by atoms with E-state index in [1.807, 2.05) is 6.07 Å². The summed E-state index contributed by atoms with van der Waals surface area (Å²) in [5.41, 5.74) is 0.402. The molecule has 0 aliphatic heterocycles. The van der Waals surface area contributed by atoms with Crippen molar-refractivity contribution in [2.24, 2.45) is 0 Å². The fraction of sp³-hybridized carbons (Fsp3) is 0.364. The summed E-state index contributed by atoms with van der Waals surface area (Å²) in [5.74, 6) is 0.523. The Bertz CT molecular complexity index is 367. The van der Waals surface area contributed by atoms with Gasteiger partial charge in [-0.1, -0.05) is 12.1 Å². The van der Waals surface area contributed by atoms with Crippen molar-refractivity contribution in [1.29, 1.82) is 0 Å². The Balaban J connectivity index is 2.52. The highest BCUT2D eigenvalue weighted by molar-refractivity contribution is 5.75. The molecule has 1 saturated carbocycles. The average molecular weight is 192 g/mol. The van der Waals surface area contributed by atoms with E-state index in [2.05, 4.69) is 0 Å². The third kappa shape index (κ3) is 1.16. The summed E-state index contributed by atoms with van der Waals surface area (Å²) in [6, 6.07) is 5.12. The van der Waals surface area contributed by atoms with Crippen LogP contribution in [0.2, 0.25) is 0 Å². The normalized spacial score (nSPS) is 17.5. The van der Waals surface area contributed by atoms with Crippen LogP contribution in [-0.2, 0) is 10.2 Å². The molecular formula is C11H12O3. The van der Waals surface area contributed by atoms with Crippen LogP contribution >= 0.6 is 0 Å². The second-order valence-electron chi connectivity index (χ2n) is 3.63. The number of carbonyl (C=O) groups excluding carboxylic acids is 1. The van der Waals surface area contributed by atoms with Crippen LogP contribution in [0, 0.1) is 0 Å². The monoisotopic (exact) mass is 192 g/mol. The number of hydrogen-bond acceptors (Lipinski definition) is 3. The number of methoxy groups -OCH3 is 1. The van der Waals surface area contributed by atoms with Crippen molar-refractivity contribution >= 4 is 6.29 Å². The maximum atomic E-state index is 10.9. The first-order valence-corrected chi connectivity index (χ1v) is 4.56. The second kappa shape index (κ2) is 3.01. The predicted octanol–water partition coefficient (Wildman–Crippen LogP) is 1.63. The van der Waals surface area contributed by atoms with Crippen molar-refractivity contribution in [1.82, 2.24) is 0 Å². The Morgan fingerprint density at radius 1 is 1.50 bits per heavy atom. The molecule has 1 fully saturated rings. The molecule has 1 aliphatic rings. The van der Waals surface area contributed by atoms with Crippen LogP contribution in [0.5, 0.6) is 11.5 Å². The smallest absolute Gasteiger partial charge is 0.164 e. The van der Waals surface area contributed by atoms with Gasteiger partial charge < -0.3 is 14.6 Å². The Labute approximate surface area is 82.3 Å². The second-order valence-corrected chi connectivity index (χ2v) is 3.63. The Morgan fingerprint density at radius 2 is 2.21 bits per heavy atom. The lowest BCUT2D eigenvalue weighted by Gasteiger charge is -2.13. The van der Waals surface area contributed by atoms with Crippen molar-refractivity contribution < 1.29 is 14.6 Å². The molecule has 0 bridgehead atoms. The molecule has 2 rings (SSSR count). The lowest BCUT2D eigenvalue weighted by atomic mass is 9.96. The molecule has 0 amide bonds. The molecule has 3 nitrogen and oxygen atoms in total. The number of rotatable bonds is 3. The SMILES string of the molecule is COc1c(O)cccc1C1(C=O)CC1. The van der Waals surface area contributed by atoms with Gasteiger partial charge in [-0.15, -0.1) is 0 Å². The summed E-state index contributed by atoms with van der Waals surface area (Å²) in [5, 5.41) is 9.54. The van der Waals surface area contributed by atoms with Crippen molar-refractivity contribution in [2.75, 3.05) is 7.11 Å². The number of phenolic OH excluding ortho intramolecular Hbond substituents is 1. The maximum absolute atomic E-state index is 10.9. The lowest BCUT2D eigenvalue weighted by Crippen LogP contribution is -2.09. The summed E-state index contributed by atoms with van der Waals surface area (Å²) in [7, 11) is 1.50. The van der Waals surface area contributed by atoms with Crippen LogP contribution in [0.15, 0.2) is 18.2 Å². The van der Waals surface area contributed by atoms with E-state index in [4.69, 9.17) is 4.74 Å². The van der Waals surface area contributed by atoms with E-state index in [1.54, 1.807) is 12.1 Å². The van der Waals surface area contributed by atoms with E-state index in [9.17, 15) is 9.90 Å². The highest BCUT2D eigenvalue weighted by Gasteiger charge is 2.46. The molecule has 14 heavy (non-hydrogen) atoms. The van der Waals surface area contributed by atoms with Gasteiger partial charge >= 0.3 is 0 Å². The molecule has 0 unspecified atom stereocenters. The van der Waals surface area contributed by atoms with Crippen LogP contribution in [0.4, 0.5) is 0 Å². The van der Waals surface area contributed by atoms with Crippen LogP contribution in [-0.4, -0.2) is 18.5 Å². The van der Waals surface area contributed by atoms with Crippen molar-refractivity contribution in [3.63, 3.8) is 0 Å². The van der Waals surface area contributed by atoms with E-state index in [1.165, 1.54) is 7.11 Å². The lowest BCUT2D eigenvalue weighted by molar-refractivity contribution is -0.109. The van der Waals surface area contributed by atoms with Crippen molar-refractivity contribution in [3.8, 4) is 11.5 Å². The molecular weight excluding hydrogens is 180 g/mol. The number of phenols is 1. The van der Waals surface area contributed by atoms with Gasteiger partial charge in [-0.3, -0.25) is 0 Å². The van der Waals surface area contributed by atoms with Gasteiger partial charge in [0, 0.05) is 5.56 Å². The molecule has 74 valence electrons. The molecule has 0 atom stereocenters. The topological polar surface area (TPSA) is 46.5 Å². The van der Waals surface area contributed by atoms with Gasteiger partial charge in [0.2, 0.25) is 0 Å². The van der Waals surface area contributed by atoms with Crippen LogP contribution in [0.3, 0.4) is 0 Å². The van der Waals surface area contributed by atoms with Crippen LogP contribution in [0.1, 0.15) is 18.4 Å². The number of benzene rings is 1. The summed E-state index contributed by atoms with van der Waals surface area (Å²) in [6.07, 6.45) is 2.64. The van der Waals surface area contributed by atoms with E-state index < -0.39 is 5.41 Å². The molecule has 1 aliphatic carbocycles. The number of aldehydes is 1. The number of hydrogen-bond donors (Lipinski definition) is 1. The van der Waals surface area contributed by atoms with Gasteiger partial charge in [0.05, 0.1) is 12.5 Å². The first kappa shape index (κ1) is 9.06. The zero-order chi connectivity index (χ0) is 10.2. The minimum Gasteiger partial charge on any atom is -0.504 e. The van der Waals surface area contributed by atoms with E-state index in [0.717, 1.165) is 24.7 Å². The molecule has 0 saturated heterocycles. The summed E-state index contributed by atoms with van der Waals surface area (Å²) in [6.45, 7) is 0. The number of aromatic hydroxyl groups is 1. The van der Waals surface area contributed by atoms with Crippen molar-refractivity contribution in [2.45, 2.75) is 18.3 Å². The summed E-state index contributed by atoms with van der Waals surface area (Å²) >= 11 is 0. The van der Waals surface area contributed by atoms with E-state index >= 15 is 0 Å².